The Hall–Kier alpha value is -1.85. The zero-order chi connectivity index (χ0) is 15.7. The summed E-state index contributed by atoms with van der Waals surface area (Å²) in [4.78, 5) is 17.9. The Labute approximate surface area is 137 Å². The van der Waals surface area contributed by atoms with Crippen LogP contribution < -0.4 is 5.32 Å². The number of aromatic nitrogens is 1. The van der Waals surface area contributed by atoms with Crippen molar-refractivity contribution >= 4 is 44.4 Å². The number of thioether (sulfide) groups is 1. The second-order valence-corrected chi connectivity index (χ2v) is 7.02. The summed E-state index contributed by atoms with van der Waals surface area (Å²) in [6.45, 7) is 4.15. The Morgan fingerprint density at radius 1 is 1.14 bits per heavy atom. The number of nitrogens with zero attached hydrogens (tertiary/aromatic N) is 1. The van der Waals surface area contributed by atoms with Crippen LogP contribution in [0.15, 0.2) is 41.3 Å². The molecule has 3 rings (SSSR count). The van der Waals surface area contributed by atoms with Gasteiger partial charge in [0.05, 0.1) is 10.2 Å². The van der Waals surface area contributed by atoms with Gasteiger partial charge in [0, 0.05) is 10.5 Å². The second kappa shape index (κ2) is 6.10. The number of thiazole rings is 1. The van der Waals surface area contributed by atoms with Crippen molar-refractivity contribution in [2.45, 2.75) is 18.7 Å². The molecule has 1 heterocycles. The normalized spacial score (nSPS) is 10.9. The van der Waals surface area contributed by atoms with Gasteiger partial charge in [-0.3, -0.25) is 10.1 Å². The van der Waals surface area contributed by atoms with Crippen LogP contribution in [0.3, 0.4) is 0 Å². The highest BCUT2D eigenvalue weighted by Gasteiger charge is 2.10. The monoisotopic (exact) mass is 328 g/mol. The average molecular weight is 328 g/mol. The van der Waals surface area contributed by atoms with E-state index in [1.165, 1.54) is 22.5 Å². The van der Waals surface area contributed by atoms with E-state index in [9.17, 15) is 4.79 Å². The van der Waals surface area contributed by atoms with Crippen LogP contribution >= 0.6 is 23.1 Å². The SMILES string of the molecule is CSc1ccc(C(=O)Nc2nc3cc(C)c(C)cc3s2)cc1. The largest absolute Gasteiger partial charge is 0.298 e. The molecule has 0 fully saturated rings. The van der Waals surface area contributed by atoms with Crippen LogP contribution in [0.4, 0.5) is 5.13 Å². The summed E-state index contributed by atoms with van der Waals surface area (Å²) in [6.07, 6.45) is 2.01. The number of anilines is 1. The lowest BCUT2D eigenvalue weighted by Crippen LogP contribution is -2.11. The number of nitrogens with one attached hydrogen (secondary N) is 1. The zero-order valence-corrected chi connectivity index (χ0v) is 14.3. The van der Waals surface area contributed by atoms with Gasteiger partial charge in [-0.25, -0.2) is 4.98 Å². The molecule has 0 aliphatic heterocycles. The van der Waals surface area contributed by atoms with Gasteiger partial charge in [0.15, 0.2) is 5.13 Å². The first-order chi connectivity index (χ1) is 10.6. The first-order valence-corrected chi connectivity index (χ1v) is 8.94. The molecule has 0 radical (unpaired) electrons. The number of aryl methyl sites for hydroxylation is 2. The molecule has 0 aliphatic rings. The van der Waals surface area contributed by atoms with E-state index in [-0.39, 0.29) is 5.91 Å². The fourth-order valence-electron chi connectivity index (χ4n) is 2.15. The van der Waals surface area contributed by atoms with E-state index in [4.69, 9.17) is 0 Å². The zero-order valence-electron chi connectivity index (χ0n) is 12.6. The van der Waals surface area contributed by atoms with E-state index in [0.717, 1.165) is 15.1 Å². The quantitative estimate of drug-likeness (QED) is 0.696. The molecule has 112 valence electrons. The van der Waals surface area contributed by atoms with E-state index >= 15 is 0 Å². The van der Waals surface area contributed by atoms with Crippen molar-refractivity contribution in [2.75, 3.05) is 11.6 Å². The van der Waals surface area contributed by atoms with Crippen molar-refractivity contribution in [1.29, 1.82) is 0 Å². The summed E-state index contributed by atoms with van der Waals surface area (Å²) >= 11 is 3.16. The van der Waals surface area contributed by atoms with Crippen molar-refractivity contribution in [3.8, 4) is 0 Å². The van der Waals surface area contributed by atoms with Crippen molar-refractivity contribution < 1.29 is 4.79 Å². The minimum atomic E-state index is -0.125. The second-order valence-electron chi connectivity index (χ2n) is 5.11. The molecule has 0 atom stereocenters. The van der Waals surface area contributed by atoms with Gasteiger partial charge >= 0.3 is 0 Å². The minimum Gasteiger partial charge on any atom is -0.298 e. The Morgan fingerprint density at radius 2 is 1.82 bits per heavy atom. The van der Waals surface area contributed by atoms with Gasteiger partial charge in [-0.2, -0.15) is 0 Å². The molecule has 1 N–H and O–H groups in total. The average Bonchev–Trinajstić information content (AvgIpc) is 2.89. The summed E-state index contributed by atoms with van der Waals surface area (Å²) in [7, 11) is 0. The molecule has 0 saturated heterocycles. The van der Waals surface area contributed by atoms with Gasteiger partial charge in [-0.15, -0.1) is 11.8 Å². The van der Waals surface area contributed by atoms with Gasteiger partial charge in [0.1, 0.15) is 0 Å². The predicted octanol–water partition coefficient (Wildman–Crippen LogP) is 4.89. The maximum atomic E-state index is 12.3. The fraction of sp³-hybridized carbons (Fsp3) is 0.176. The molecule has 1 aromatic heterocycles. The van der Waals surface area contributed by atoms with Gasteiger partial charge in [0.25, 0.3) is 5.91 Å². The van der Waals surface area contributed by atoms with Crippen molar-refractivity contribution in [1.82, 2.24) is 4.98 Å². The van der Waals surface area contributed by atoms with Crippen molar-refractivity contribution in [3.05, 3.63) is 53.1 Å². The number of rotatable bonds is 3. The summed E-state index contributed by atoms with van der Waals surface area (Å²) in [5.74, 6) is -0.125. The number of fused-ring (bicyclic) bond motifs is 1. The van der Waals surface area contributed by atoms with Crippen LogP contribution in [0.5, 0.6) is 0 Å². The third-order valence-electron chi connectivity index (χ3n) is 3.58. The van der Waals surface area contributed by atoms with Crippen LogP contribution in [-0.2, 0) is 0 Å². The third kappa shape index (κ3) is 3.00. The molecule has 0 saturated carbocycles. The highest BCUT2D eigenvalue weighted by Crippen LogP contribution is 2.28. The highest BCUT2D eigenvalue weighted by molar-refractivity contribution is 7.98. The first kappa shape index (κ1) is 15.1. The number of benzene rings is 2. The molecule has 2 aromatic carbocycles. The Kier molecular flexibility index (Phi) is 4.18. The van der Waals surface area contributed by atoms with E-state index in [1.807, 2.05) is 30.5 Å². The molecule has 22 heavy (non-hydrogen) atoms. The Morgan fingerprint density at radius 3 is 2.50 bits per heavy atom. The van der Waals surface area contributed by atoms with Gasteiger partial charge in [-0.05, 0) is 67.6 Å². The van der Waals surface area contributed by atoms with E-state index in [0.29, 0.717) is 10.7 Å². The smallest absolute Gasteiger partial charge is 0.257 e. The van der Waals surface area contributed by atoms with Crippen LogP contribution in [0, 0.1) is 13.8 Å². The lowest BCUT2D eigenvalue weighted by Gasteiger charge is -2.02. The van der Waals surface area contributed by atoms with Gasteiger partial charge < -0.3 is 0 Å². The van der Waals surface area contributed by atoms with Crippen LogP contribution in [0.25, 0.3) is 10.2 Å². The van der Waals surface area contributed by atoms with E-state index in [2.05, 4.69) is 36.3 Å². The summed E-state index contributed by atoms with van der Waals surface area (Å²) < 4.78 is 1.09. The van der Waals surface area contributed by atoms with Crippen LogP contribution in [-0.4, -0.2) is 17.1 Å². The third-order valence-corrected chi connectivity index (χ3v) is 5.25. The molecule has 0 unspecified atom stereocenters. The lowest BCUT2D eigenvalue weighted by molar-refractivity contribution is 0.102. The van der Waals surface area contributed by atoms with Crippen LogP contribution in [0.1, 0.15) is 21.5 Å². The lowest BCUT2D eigenvalue weighted by atomic mass is 10.1. The van der Waals surface area contributed by atoms with Crippen LogP contribution in [0.2, 0.25) is 0 Å². The Balaban J connectivity index is 1.84. The topological polar surface area (TPSA) is 42.0 Å². The molecule has 0 spiro atoms. The maximum Gasteiger partial charge on any atom is 0.257 e. The summed E-state index contributed by atoms with van der Waals surface area (Å²) in [5, 5.41) is 3.52. The van der Waals surface area contributed by atoms with Gasteiger partial charge in [-0.1, -0.05) is 11.3 Å². The maximum absolute atomic E-state index is 12.3. The molecule has 0 aliphatic carbocycles. The standard InChI is InChI=1S/C17H16N2OS2/c1-10-8-14-15(9-11(10)2)22-17(18-14)19-16(20)12-4-6-13(21-3)7-5-12/h4-9H,1-3H3,(H,18,19,20). The predicted molar refractivity (Wildman–Crippen MR) is 95.3 cm³/mol. The molecule has 0 bridgehead atoms. The first-order valence-electron chi connectivity index (χ1n) is 6.90. The van der Waals surface area contributed by atoms with E-state index in [1.54, 1.807) is 11.8 Å². The summed E-state index contributed by atoms with van der Waals surface area (Å²) in [6, 6.07) is 11.7. The molecule has 3 aromatic rings. The minimum absolute atomic E-state index is 0.125. The fourth-order valence-corrected chi connectivity index (χ4v) is 3.49. The highest BCUT2D eigenvalue weighted by atomic mass is 32.2. The van der Waals surface area contributed by atoms with Gasteiger partial charge in [0.2, 0.25) is 0 Å². The molecule has 3 nitrogen and oxygen atoms in total. The molecular weight excluding hydrogens is 312 g/mol. The number of carbonyl (C=O) groups is 1. The Bertz CT molecular complexity index is 799. The van der Waals surface area contributed by atoms with Crippen molar-refractivity contribution in [2.24, 2.45) is 0 Å². The van der Waals surface area contributed by atoms with Crippen molar-refractivity contribution in [3.63, 3.8) is 0 Å². The number of amides is 1. The number of hydrogen-bond donors (Lipinski definition) is 1. The molecule has 5 heteroatoms. The van der Waals surface area contributed by atoms with E-state index < -0.39 is 0 Å². The molecule has 1 amide bonds. The number of carbonyl (C=O) groups excluding carboxylic acids is 1. The molecular formula is C17H16N2OS2. The number of hydrogen-bond acceptors (Lipinski definition) is 4. The summed E-state index contributed by atoms with van der Waals surface area (Å²) in [5.41, 5.74) is 4.02.